The van der Waals surface area contributed by atoms with E-state index < -0.39 is 0 Å². The van der Waals surface area contributed by atoms with Gasteiger partial charge in [0, 0.05) is 22.6 Å². The van der Waals surface area contributed by atoms with Crippen molar-refractivity contribution in [1.29, 1.82) is 0 Å². The summed E-state index contributed by atoms with van der Waals surface area (Å²) in [5.41, 5.74) is 5.20. The number of rotatable bonds is 5. The lowest BCUT2D eigenvalue weighted by Gasteiger charge is -2.08. The fraction of sp³-hybridized carbons (Fsp3) is 0.182. The van der Waals surface area contributed by atoms with E-state index in [9.17, 15) is 4.79 Å². The van der Waals surface area contributed by atoms with Crippen LogP contribution >= 0.6 is 11.3 Å². The Morgan fingerprint density at radius 2 is 1.79 bits per heavy atom. The van der Waals surface area contributed by atoms with Crippen molar-refractivity contribution in [2.45, 2.75) is 27.2 Å². The highest BCUT2D eigenvalue weighted by molar-refractivity contribution is 7.22. The molecule has 0 bridgehead atoms. The van der Waals surface area contributed by atoms with Crippen molar-refractivity contribution in [1.82, 2.24) is 15.0 Å². The SMILES string of the molecule is CCc1ccc2nc(NC(=O)c3cccc(Nc4nc(C)cc(C)n4)c3)sc2c1. The molecule has 0 saturated heterocycles. The molecule has 4 aromatic rings. The van der Waals surface area contributed by atoms with Gasteiger partial charge < -0.3 is 5.32 Å². The summed E-state index contributed by atoms with van der Waals surface area (Å²) in [6.07, 6.45) is 0.972. The maximum Gasteiger partial charge on any atom is 0.257 e. The summed E-state index contributed by atoms with van der Waals surface area (Å²) in [7, 11) is 0. The first-order chi connectivity index (χ1) is 14.0. The van der Waals surface area contributed by atoms with Crippen molar-refractivity contribution < 1.29 is 4.79 Å². The van der Waals surface area contributed by atoms with E-state index in [-0.39, 0.29) is 5.91 Å². The van der Waals surface area contributed by atoms with Crippen LogP contribution < -0.4 is 10.6 Å². The van der Waals surface area contributed by atoms with Crippen molar-refractivity contribution in [2.75, 3.05) is 10.6 Å². The molecule has 146 valence electrons. The lowest BCUT2D eigenvalue weighted by molar-refractivity contribution is 0.102. The minimum absolute atomic E-state index is 0.204. The highest BCUT2D eigenvalue weighted by atomic mass is 32.1. The van der Waals surface area contributed by atoms with Crippen LogP contribution in [0.4, 0.5) is 16.8 Å². The van der Waals surface area contributed by atoms with Crippen molar-refractivity contribution in [3.8, 4) is 0 Å². The third kappa shape index (κ3) is 4.41. The van der Waals surface area contributed by atoms with Crippen molar-refractivity contribution in [3.05, 3.63) is 71.0 Å². The number of fused-ring (bicyclic) bond motifs is 1. The summed E-state index contributed by atoms with van der Waals surface area (Å²) in [6, 6.07) is 15.3. The third-order valence-electron chi connectivity index (χ3n) is 4.44. The molecule has 0 unspecified atom stereocenters. The average molecular weight is 404 g/mol. The van der Waals surface area contributed by atoms with Gasteiger partial charge in [0.25, 0.3) is 5.91 Å². The molecular formula is C22H21N5OS. The number of hydrogen-bond acceptors (Lipinski definition) is 6. The number of nitrogens with one attached hydrogen (secondary N) is 2. The van der Waals surface area contributed by atoms with Crippen LogP contribution in [0.15, 0.2) is 48.5 Å². The highest BCUT2D eigenvalue weighted by Gasteiger charge is 2.11. The number of aromatic nitrogens is 3. The van der Waals surface area contributed by atoms with Crippen molar-refractivity contribution >= 4 is 44.2 Å². The zero-order valence-corrected chi connectivity index (χ0v) is 17.3. The maximum atomic E-state index is 12.7. The summed E-state index contributed by atoms with van der Waals surface area (Å²) in [4.78, 5) is 26.0. The number of carbonyl (C=O) groups excluding carboxylic acids is 1. The first-order valence-corrected chi connectivity index (χ1v) is 10.2. The molecule has 0 radical (unpaired) electrons. The molecule has 2 aromatic carbocycles. The van der Waals surface area contributed by atoms with Crippen molar-refractivity contribution in [2.24, 2.45) is 0 Å². The smallest absolute Gasteiger partial charge is 0.257 e. The molecule has 29 heavy (non-hydrogen) atoms. The van der Waals surface area contributed by atoms with Gasteiger partial charge in [-0.05, 0) is 62.2 Å². The Labute approximate surface area is 173 Å². The van der Waals surface area contributed by atoms with Crippen LogP contribution in [0, 0.1) is 13.8 Å². The molecule has 0 saturated carbocycles. The van der Waals surface area contributed by atoms with Gasteiger partial charge in [-0.25, -0.2) is 15.0 Å². The van der Waals surface area contributed by atoms with Gasteiger partial charge in [0.15, 0.2) is 5.13 Å². The molecule has 0 fully saturated rings. The van der Waals surface area contributed by atoms with Crippen LogP contribution in [-0.2, 0) is 6.42 Å². The Morgan fingerprint density at radius 1 is 1.00 bits per heavy atom. The van der Waals surface area contributed by atoms with Crippen molar-refractivity contribution in [3.63, 3.8) is 0 Å². The predicted octanol–water partition coefficient (Wildman–Crippen LogP) is 5.26. The Kier molecular flexibility index (Phi) is 5.22. The van der Waals surface area contributed by atoms with E-state index in [1.807, 2.05) is 38.1 Å². The van der Waals surface area contributed by atoms with E-state index in [2.05, 4.69) is 44.6 Å². The summed E-state index contributed by atoms with van der Waals surface area (Å²) in [5, 5.41) is 6.66. The molecule has 0 aliphatic heterocycles. The largest absolute Gasteiger partial charge is 0.324 e. The zero-order chi connectivity index (χ0) is 20.4. The standard InChI is InChI=1S/C22H21N5OS/c1-4-15-8-9-18-19(11-15)29-22(26-18)27-20(28)16-6-5-7-17(12-16)25-21-23-13(2)10-14(3)24-21/h5-12H,4H2,1-3H3,(H,23,24,25)(H,26,27,28). The molecule has 2 N–H and O–H groups in total. The maximum absolute atomic E-state index is 12.7. The Morgan fingerprint density at radius 3 is 2.55 bits per heavy atom. The number of hydrogen-bond donors (Lipinski definition) is 2. The Bertz CT molecular complexity index is 1180. The molecule has 0 aliphatic carbocycles. The quantitative estimate of drug-likeness (QED) is 0.475. The molecule has 6 nitrogen and oxygen atoms in total. The number of anilines is 3. The fourth-order valence-corrected chi connectivity index (χ4v) is 3.99. The van der Waals surface area contributed by atoms with Gasteiger partial charge in [0.2, 0.25) is 5.95 Å². The Hall–Kier alpha value is -3.32. The van der Waals surface area contributed by atoms with Gasteiger partial charge in [-0.1, -0.05) is 30.4 Å². The van der Waals surface area contributed by atoms with Gasteiger partial charge in [-0.15, -0.1) is 0 Å². The van der Waals surface area contributed by atoms with Gasteiger partial charge in [-0.2, -0.15) is 0 Å². The monoisotopic (exact) mass is 403 g/mol. The molecule has 2 aromatic heterocycles. The lowest BCUT2D eigenvalue weighted by Crippen LogP contribution is -2.12. The van der Waals surface area contributed by atoms with Gasteiger partial charge in [0.05, 0.1) is 10.2 Å². The normalized spacial score (nSPS) is 10.9. The minimum Gasteiger partial charge on any atom is -0.324 e. The second-order valence-corrected chi connectivity index (χ2v) is 7.84. The topological polar surface area (TPSA) is 79.8 Å². The van der Waals surface area contributed by atoms with E-state index in [1.165, 1.54) is 16.9 Å². The van der Waals surface area contributed by atoms with E-state index in [0.29, 0.717) is 16.6 Å². The second kappa shape index (κ2) is 7.97. The molecule has 4 rings (SSSR count). The molecule has 1 amide bonds. The summed E-state index contributed by atoms with van der Waals surface area (Å²) >= 11 is 1.48. The van der Waals surface area contributed by atoms with Gasteiger partial charge >= 0.3 is 0 Å². The van der Waals surface area contributed by atoms with Crippen LogP contribution in [0.1, 0.15) is 34.2 Å². The number of thiazole rings is 1. The first-order valence-electron chi connectivity index (χ1n) is 9.40. The number of nitrogens with zero attached hydrogens (tertiary/aromatic N) is 3. The van der Waals surface area contributed by atoms with E-state index >= 15 is 0 Å². The minimum atomic E-state index is -0.204. The molecule has 0 atom stereocenters. The third-order valence-corrected chi connectivity index (χ3v) is 5.38. The first kappa shape index (κ1) is 19.0. The number of carbonyl (C=O) groups is 1. The Balaban J connectivity index is 1.52. The van der Waals surface area contributed by atoms with Crippen LogP contribution in [0.2, 0.25) is 0 Å². The second-order valence-electron chi connectivity index (χ2n) is 6.81. The van der Waals surface area contributed by atoms with E-state index in [1.54, 1.807) is 12.1 Å². The summed E-state index contributed by atoms with van der Waals surface area (Å²) in [6.45, 7) is 5.96. The number of aryl methyl sites for hydroxylation is 3. The van der Waals surface area contributed by atoms with Gasteiger partial charge in [-0.3, -0.25) is 10.1 Å². The van der Waals surface area contributed by atoms with E-state index in [0.717, 1.165) is 33.7 Å². The molecule has 7 heteroatoms. The number of benzene rings is 2. The molecular weight excluding hydrogens is 382 g/mol. The van der Waals surface area contributed by atoms with Crippen LogP contribution in [0.5, 0.6) is 0 Å². The van der Waals surface area contributed by atoms with Crippen LogP contribution in [0.3, 0.4) is 0 Å². The molecule has 2 heterocycles. The van der Waals surface area contributed by atoms with Crippen LogP contribution in [0.25, 0.3) is 10.2 Å². The fourth-order valence-electron chi connectivity index (χ4n) is 3.06. The summed E-state index contributed by atoms with van der Waals surface area (Å²) < 4.78 is 1.07. The highest BCUT2D eigenvalue weighted by Crippen LogP contribution is 2.27. The summed E-state index contributed by atoms with van der Waals surface area (Å²) in [5.74, 6) is 0.308. The molecule has 0 spiro atoms. The predicted molar refractivity (Wildman–Crippen MR) is 118 cm³/mol. The molecule has 0 aliphatic rings. The average Bonchev–Trinajstić information content (AvgIpc) is 3.08. The number of amides is 1. The van der Waals surface area contributed by atoms with Crippen LogP contribution in [-0.4, -0.2) is 20.9 Å². The van der Waals surface area contributed by atoms with E-state index in [4.69, 9.17) is 0 Å². The van der Waals surface area contributed by atoms with Gasteiger partial charge in [0.1, 0.15) is 0 Å². The lowest BCUT2D eigenvalue weighted by atomic mass is 10.2. The zero-order valence-electron chi connectivity index (χ0n) is 16.5.